The maximum atomic E-state index is 12.5. The standard InChI is InChI=1S/C16H14F2N2O3S/c1-10(13(21)20-11-6-3-2-4-7-11)23-15(22)12-8-5-9-19-14(12)24-16(17)18/h2-10,16H,1H3,(H,20,21)/t10-/m1/s1. The van der Waals surface area contributed by atoms with E-state index in [0.717, 1.165) is 0 Å². The summed E-state index contributed by atoms with van der Waals surface area (Å²) in [5, 5.41) is 2.44. The molecule has 8 heteroatoms. The molecule has 0 unspecified atom stereocenters. The lowest BCUT2D eigenvalue weighted by atomic mass is 10.2. The quantitative estimate of drug-likeness (QED) is 0.636. The van der Waals surface area contributed by atoms with E-state index < -0.39 is 23.7 Å². The molecule has 0 aliphatic carbocycles. The highest BCUT2D eigenvalue weighted by Crippen LogP contribution is 2.26. The molecule has 0 saturated heterocycles. The molecular weight excluding hydrogens is 338 g/mol. The second kappa shape index (κ2) is 8.39. The van der Waals surface area contributed by atoms with Gasteiger partial charge >= 0.3 is 5.97 Å². The van der Waals surface area contributed by atoms with E-state index in [1.807, 2.05) is 0 Å². The number of carbonyl (C=O) groups excluding carboxylic acids is 2. The van der Waals surface area contributed by atoms with Crippen molar-refractivity contribution in [3.05, 3.63) is 54.2 Å². The number of aromatic nitrogens is 1. The van der Waals surface area contributed by atoms with Crippen molar-refractivity contribution in [2.75, 3.05) is 5.32 Å². The van der Waals surface area contributed by atoms with Crippen LogP contribution in [0.4, 0.5) is 14.5 Å². The zero-order valence-electron chi connectivity index (χ0n) is 12.6. The van der Waals surface area contributed by atoms with Crippen LogP contribution >= 0.6 is 11.8 Å². The van der Waals surface area contributed by atoms with E-state index in [9.17, 15) is 18.4 Å². The fourth-order valence-corrected chi connectivity index (χ4v) is 2.34. The molecule has 0 saturated carbocycles. The summed E-state index contributed by atoms with van der Waals surface area (Å²) in [7, 11) is 0. The van der Waals surface area contributed by atoms with Crippen LogP contribution < -0.4 is 5.32 Å². The summed E-state index contributed by atoms with van der Waals surface area (Å²) in [6.45, 7) is 1.40. The summed E-state index contributed by atoms with van der Waals surface area (Å²) in [6.07, 6.45) is 0.204. The minimum Gasteiger partial charge on any atom is -0.449 e. The Kier molecular flexibility index (Phi) is 6.25. The second-order valence-electron chi connectivity index (χ2n) is 4.64. The van der Waals surface area contributed by atoms with Gasteiger partial charge in [0.15, 0.2) is 6.10 Å². The Bertz CT molecular complexity index is 713. The third kappa shape index (κ3) is 5.02. The van der Waals surface area contributed by atoms with Gasteiger partial charge in [-0.1, -0.05) is 18.2 Å². The molecular formula is C16H14F2N2O3S. The molecule has 0 aliphatic heterocycles. The van der Waals surface area contributed by atoms with Crippen molar-refractivity contribution >= 4 is 29.3 Å². The highest BCUT2D eigenvalue weighted by Gasteiger charge is 2.22. The molecule has 1 aromatic heterocycles. The molecule has 1 N–H and O–H groups in total. The maximum absolute atomic E-state index is 12.5. The Morgan fingerprint density at radius 2 is 1.88 bits per heavy atom. The Hall–Kier alpha value is -2.48. The molecule has 1 aromatic carbocycles. The average molecular weight is 352 g/mol. The van der Waals surface area contributed by atoms with Crippen molar-refractivity contribution in [2.45, 2.75) is 23.8 Å². The van der Waals surface area contributed by atoms with E-state index in [4.69, 9.17) is 4.74 Å². The summed E-state index contributed by atoms with van der Waals surface area (Å²) in [6, 6.07) is 11.4. The van der Waals surface area contributed by atoms with Crippen LogP contribution in [0.1, 0.15) is 17.3 Å². The first kappa shape index (κ1) is 17.9. The zero-order chi connectivity index (χ0) is 17.5. The van der Waals surface area contributed by atoms with Crippen LogP contribution in [0.3, 0.4) is 0 Å². The fourth-order valence-electron chi connectivity index (χ4n) is 1.77. The number of para-hydroxylation sites is 1. The molecule has 1 amide bonds. The SMILES string of the molecule is C[C@@H](OC(=O)c1cccnc1SC(F)F)C(=O)Nc1ccccc1. The first-order chi connectivity index (χ1) is 11.5. The van der Waals surface area contributed by atoms with Gasteiger partial charge in [-0.25, -0.2) is 9.78 Å². The first-order valence-corrected chi connectivity index (χ1v) is 7.82. The van der Waals surface area contributed by atoms with Gasteiger partial charge in [-0.3, -0.25) is 4.79 Å². The molecule has 5 nitrogen and oxygen atoms in total. The lowest BCUT2D eigenvalue weighted by Gasteiger charge is -2.14. The van der Waals surface area contributed by atoms with Crippen molar-refractivity contribution in [2.24, 2.45) is 0 Å². The van der Waals surface area contributed by atoms with Crippen LogP contribution in [-0.2, 0) is 9.53 Å². The van der Waals surface area contributed by atoms with Gasteiger partial charge in [0.1, 0.15) is 5.03 Å². The summed E-state index contributed by atoms with van der Waals surface area (Å²) >= 11 is 0.146. The van der Waals surface area contributed by atoms with Crippen LogP contribution in [0.25, 0.3) is 0 Å². The lowest BCUT2D eigenvalue weighted by molar-refractivity contribution is -0.123. The topological polar surface area (TPSA) is 68.3 Å². The smallest absolute Gasteiger partial charge is 0.341 e. The van der Waals surface area contributed by atoms with Crippen LogP contribution in [0, 0.1) is 0 Å². The molecule has 2 rings (SSSR count). The number of amides is 1. The number of hydrogen-bond acceptors (Lipinski definition) is 5. The third-order valence-electron chi connectivity index (χ3n) is 2.89. The predicted octanol–water partition coefficient (Wildman–Crippen LogP) is 3.58. The van der Waals surface area contributed by atoms with Crippen molar-refractivity contribution in [1.29, 1.82) is 0 Å². The Balaban J connectivity index is 2.02. The Morgan fingerprint density at radius 1 is 1.17 bits per heavy atom. The monoisotopic (exact) mass is 352 g/mol. The van der Waals surface area contributed by atoms with E-state index in [1.165, 1.54) is 25.3 Å². The molecule has 126 valence electrons. The number of carbonyl (C=O) groups is 2. The van der Waals surface area contributed by atoms with Crippen molar-refractivity contribution in [1.82, 2.24) is 4.98 Å². The van der Waals surface area contributed by atoms with Gasteiger partial charge in [-0.2, -0.15) is 8.78 Å². The summed E-state index contributed by atoms with van der Waals surface area (Å²) in [5.74, 6) is -4.13. The van der Waals surface area contributed by atoms with Crippen LogP contribution in [0.2, 0.25) is 0 Å². The molecule has 1 heterocycles. The van der Waals surface area contributed by atoms with Crippen LogP contribution in [0.5, 0.6) is 0 Å². The van der Waals surface area contributed by atoms with Crippen LogP contribution in [-0.4, -0.2) is 28.7 Å². The number of ether oxygens (including phenoxy) is 1. The predicted molar refractivity (Wildman–Crippen MR) is 86.0 cm³/mol. The van der Waals surface area contributed by atoms with Crippen molar-refractivity contribution in [3.8, 4) is 0 Å². The largest absolute Gasteiger partial charge is 0.449 e. The number of rotatable bonds is 6. The lowest BCUT2D eigenvalue weighted by Crippen LogP contribution is -2.30. The molecule has 24 heavy (non-hydrogen) atoms. The number of esters is 1. The molecule has 0 radical (unpaired) electrons. The van der Waals surface area contributed by atoms with Gasteiger partial charge in [0, 0.05) is 11.9 Å². The molecule has 0 spiro atoms. The number of alkyl halides is 2. The van der Waals surface area contributed by atoms with Gasteiger partial charge in [0.05, 0.1) is 5.56 Å². The van der Waals surface area contributed by atoms with E-state index in [2.05, 4.69) is 10.3 Å². The first-order valence-electron chi connectivity index (χ1n) is 6.94. The summed E-state index contributed by atoms with van der Waals surface area (Å²) < 4.78 is 30.1. The molecule has 0 fully saturated rings. The Labute approximate surface area is 141 Å². The number of pyridine rings is 1. The molecule has 2 aromatic rings. The van der Waals surface area contributed by atoms with Gasteiger partial charge in [0.2, 0.25) is 0 Å². The van der Waals surface area contributed by atoms with Crippen LogP contribution in [0.15, 0.2) is 53.7 Å². The number of anilines is 1. The van der Waals surface area contributed by atoms with E-state index in [1.54, 1.807) is 30.3 Å². The average Bonchev–Trinajstić information content (AvgIpc) is 2.55. The summed E-state index contributed by atoms with van der Waals surface area (Å²) in [5.41, 5.74) is 0.447. The van der Waals surface area contributed by atoms with Gasteiger partial charge < -0.3 is 10.1 Å². The van der Waals surface area contributed by atoms with Gasteiger partial charge in [0.25, 0.3) is 11.7 Å². The maximum Gasteiger partial charge on any atom is 0.341 e. The summed E-state index contributed by atoms with van der Waals surface area (Å²) in [4.78, 5) is 27.9. The minimum atomic E-state index is -2.72. The second-order valence-corrected chi connectivity index (χ2v) is 5.62. The number of hydrogen-bond donors (Lipinski definition) is 1. The fraction of sp³-hybridized carbons (Fsp3) is 0.188. The molecule has 0 aliphatic rings. The highest BCUT2D eigenvalue weighted by atomic mass is 32.2. The molecule has 1 atom stereocenters. The number of nitrogens with zero attached hydrogens (tertiary/aromatic N) is 1. The third-order valence-corrected chi connectivity index (χ3v) is 3.61. The number of thioether (sulfide) groups is 1. The van der Waals surface area contributed by atoms with Crippen molar-refractivity contribution in [3.63, 3.8) is 0 Å². The van der Waals surface area contributed by atoms with E-state index in [-0.39, 0.29) is 22.4 Å². The highest BCUT2D eigenvalue weighted by molar-refractivity contribution is 7.99. The minimum absolute atomic E-state index is 0.109. The van der Waals surface area contributed by atoms with E-state index in [0.29, 0.717) is 5.69 Å². The number of halogens is 2. The normalized spacial score (nSPS) is 11.8. The Morgan fingerprint density at radius 3 is 2.54 bits per heavy atom. The van der Waals surface area contributed by atoms with Gasteiger partial charge in [-0.05, 0) is 43.0 Å². The zero-order valence-corrected chi connectivity index (χ0v) is 13.4. The van der Waals surface area contributed by atoms with E-state index >= 15 is 0 Å². The number of benzene rings is 1. The van der Waals surface area contributed by atoms with Crippen molar-refractivity contribution < 1.29 is 23.1 Å². The van der Waals surface area contributed by atoms with Gasteiger partial charge in [-0.15, -0.1) is 0 Å². The molecule has 0 bridgehead atoms. The number of nitrogens with one attached hydrogen (secondary N) is 1.